The highest BCUT2D eigenvalue weighted by atomic mass is 19.1. The lowest BCUT2D eigenvalue weighted by molar-refractivity contribution is -0.129. The molecule has 0 radical (unpaired) electrons. The third-order valence-corrected chi connectivity index (χ3v) is 9.03. The average Bonchev–Trinajstić information content (AvgIpc) is 3.70. The number of aryl methyl sites for hydroxylation is 1. The smallest absolute Gasteiger partial charge is 0.246 e. The number of hydrogen-bond acceptors (Lipinski definition) is 6. The highest BCUT2D eigenvalue weighted by Crippen LogP contribution is 2.47. The van der Waals surface area contributed by atoms with Crippen LogP contribution < -0.4 is 4.74 Å². The van der Waals surface area contributed by atoms with Gasteiger partial charge < -0.3 is 18.9 Å². The Morgan fingerprint density at radius 1 is 1.02 bits per heavy atom. The number of carbonyl (C=O) groups excluding carboxylic acids is 1. The summed E-state index contributed by atoms with van der Waals surface area (Å²) in [5.41, 5.74) is 3.81. The molecular weight excluding hydrogens is 633 g/mol. The second-order valence-electron chi connectivity index (χ2n) is 12.1. The highest BCUT2D eigenvalue weighted by molar-refractivity contribution is 6.09. The summed E-state index contributed by atoms with van der Waals surface area (Å²) in [6, 6.07) is 13.1. The lowest BCUT2D eigenvalue weighted by Crippen LogP contribution is -2.42. The van der Waals surface area contributed by atoms with Crippen LogP contribution >= 0.6 is 0 Å². The summed E-state index contributed by atoms with van der Waals surface area (Å²) in [5.74, 6) is -2.66. The summed E-state index contributed by atoms with van der Waals surface area (Å²) in [7, 11) is 3.37. The fraction of sp³-hybridized carbons (Fsp3) is 0.243. The van der Waals surface area contributed by atoms with Gasteiger partial charge in [0.15, 0.2) is 0 Å². The number of hydrogen-bond donors (Lipinski definition) is 0. The van der Waals surface area contributed by atoms with Gasteiger partial charge in [-0.2, -0.15) is 5.10 Å². The predicted octanol–water partition coefficient (Wildman–Crippen LogP) is 7.41. The molecule has 0 fully saturated rings. The number of ether oxygens (including phenoxy) is 2. The number of nitrogens with zero attached hydrogens (tertiary/aromatic N) is 6. The van der Waals surface area contributed by atoms with Crippen molar-refractivity contribution < 1.29 is 27.4 Å². The summed E-state index contributed by atoms with van der Waals surface area (Å²) in [6.45, 7) is 8.04. The van der Waals surface area contributed by atoms with Gasteiger partial charge in [0, 0.05) is 49.3 Å². The van der Waals surface area contributed by atoms with Gasteiger partial charge in [-0.25, -0.2) is 23.1 Å². The van der Waals surface area contributed by atoms with E-state index in [0.717, 1.165) is 23.3 Å². The molecule has 0 saturated heterocycles. The number of fused-ring (bicyclic) bond motifs is 3. The molecule has 7 rings (SSSR count). The van der Waals surface area contributed by atoms with E-state index in [1.54, 1.807) is 23.4 Å². The predicted molar refractivity (Wildman–Crippen MR) is 180 cm³/mol. The summed E-state index contributed by atoms with van der Waals surface area (Å²) in [6.07, 6.45) is 2.97. The molecule has 0 N–H and O–H groups in total. The van der Waals surface area contributed by atoms with Crippen LogP contribution in [-0.2, 0) is 16.6 Å². The number of imidazole rings is 1. The number of amides is 1. The van der Waals surface area contributed by atoms with Gasteiger partial charge in [-0.1, -0.05) is 24.8 Å². The van der Waals surface area contributed by atoms with E-state index in [2.05, 4.69) is 11.6 Å². The van der Waals surface area contributed by atoms with Gasteiger partial charge in [0.05, 0.1) is 58.7 Å². The molecule has 9 nitrogen and oxygen atoms in total. The van der Waals surface area contributed by atoms with Gasteiger partial charge in [-0.15, -0.1) is 0 Å². The first-order valence-corrected chi connectivity index (χ1v) is 15.8. The Hall–Kier alpha value is -5.49. The Balaban J connectivity index is 1.57. The van der Waals surface area contributed by atoms with Crippen LogP contribution in [0.3, 0.4) is 0 Å². The first-order chi connectivity index (χ1) is 23.6. The maximum absolute atomic E-state index is 16.2. The molecule has 0 bridgehead atoms. The lowest BCUT2D eigenvalue weighted by atomic mass is 9.91. The molecule has 6 aromatic rings. The summed E-state index contributed by atoms with van der Waals surface area (Å²) in [5, 5.41) is 5.41. The molecule has 2 atom stereocenters. The molecule has 0 unspecified atom stereocenters. The molecule has 250 valence electrons. The van der Waals surface area contributed by atoms with Crippen LogP contribution in [0.2, 0.25) is 0 Å². The first-order valence-electron chi connectivity index (χ1n) is 15.8. The van der Waals surface area contributed by atoms with Gasteiger partial charge in [-0.05, 0) is 49.6 Å². The number of carbonyl (C=O) groups is 1. The summed E-state index contributed by atoms with van der Waals surface area (Å²) >= 11 is 0. The second kappa shape index (κ2) is 12.5. The third-order valence-electron chi connectivity index (χ3n) is 9.03. The Kier molecular flexibility index (Phi) is 8.19. The minimum absolute atomic E-state index is 0.00456. The molecule has 1 aliphatic rings. The van der Waals surface area contributed by atoms with Crippen LogP contribution in [0.1, 0.15) is 31.6 Å². The molecule has 3 aromatic carbocycles. The van der Waals surface area contributed by atoms with Crippen molar-refractivity contribution in [2.24, 2.45) is 7.05 Å². The van der Waals surface area contributed by atoms with Gasteiger partial charge in [0.1, 0.15) is 35.5 Å². The Morgan fingerprint density at radius 3 is 2.61 bits per heavy atom. The first kappa shape index (κ1) is 32.1. The number of benzene rings is 3. The van der Waals surface area contributed by atoms with Gasteiger partial charge in [-0.3, -0.25) is 9.48 Å². The SMILES string of the molecule is C=CC(=O)N1C[C@H](C)n2nc(-c3nc(-c4ccc5c(c4)ncn5C)c4c(F)cccc4c3-c3c(F)cc(F)cc3OCCOC)cc2[C@H]1C. The van der Waals surface area contributed by atoms with E-state index in [-0.39, 0.29) is 59.2 Å². The van der Waals surface area contributed by atoms with Gasteiger partial charge in [0.25, 0.3) is 0 Å². The molecule has 3 aromatic heterocycles. The number of pyridine rings is 1. The van der Waals surface area contributed by atoms with Crippen molar-refractivity contribution in [2.75, 3.05) is 26.9 Å². The number of aromatic nitrogens is 5. The minimum Gasteiger partial charge on any atom is -0.490 e. The van der Waals surface area contributed by atoms with E-state index in [9.17, 15) is 9.18 Å². The number of halogens is 3. The Labute approximate surface area is 280 Å². The topological polar surface area (TPSA) is 87.3 Å². The van der Waals surface area contributed by atoms with Crippen molar-refractivity contribution in [3.8, 4) is 39.5 Å². The van der Waals surface area contributed by atoms with E-state index in [1.165, 1.54) is 25.3 Å². The molecule has 0 aliphatic carbocycles. The second-order valence-corrected chi connectivity index (χ2v) is 12.1. The zero-order chi connectivity index (χ0) is 34.6. The third kappa shape index (κ3) is 5.41. The molecular formula is C37H33F3N6O3. The normalized spacial score (nSPS) is 15.9. The maximum Gasteiger partial charge on any atom is 0.246 e. The Bertz CT molecular complexity index is 2280. The van der Waals surface area contributed by atoms with Crippen LogP contribution in [0.5, 0.6) is 5.75 Å². The quantitative estimate of drug-likeness (QED) is 0.124. The largest absolute Gasteiger partial charge is 0.490 e. The van der Waals surface area contributed by atoms with Gasteiger partial charge in [0.2, 0.25) is 5.91 Å². The van der Waals surface area contributed by atoms with Crippen LogP contribution in [0, 0.1) is 17.5 Å². The molecule has 4 heterocycles. The number of rotatable bonds is 8. The Morgan fingerprint density at radius 2 is 1.84 bits per heavy atom. The van der Waals surface area contributed by atoms with E-state index in [1.807, 2.05) is 48.3 Å². The molecule has 12 heteroatoms. The van der Waals surface area contributed by atoms with Crippen molar-refractivity contribution in [1.29, 1.82) is 0 Å². The van der Waals surface area contributed by atoms with Crippen LogP contribution in [0.4, 0.5) is 13.2 Å². The molecule has 1 aliphatic heterocycles. The van der Waals surface area contributed by atoms with Crippen molar-refractivity contribution in [3.63, 3.8) is 0 Å². The fourth-order valence-corrected chi connectivity index (χ4v) is 6.66. The van der Waals surface area contributed by atoms with E-state index < -0.39 is 17.5 Å². The van der Waals surface area contributed by atoms with E-state index in [4.69, 9.17) is 19.6 Å². The van der Waals surface area contributed by atoms with Crippen molar-refractivity contribution in [2.45, 2.75) is 25.9 Å². The highest BCUT2D eigenvalue weighted by Gasteiger charge is 2.34. The van der Waals surface area contributed by atoms with Crippen molar-refractivity contribution in [3.05, 3.63) is 96.7 Å². The molecule has 0 spiro atoms. The maximum atomic E-state index is 16.2. The summed E-state index contributed by atoms with van der Waals surface area (Å²) in [4.78, 5) is 24.0. The standard InChI is InChI=1S/C37H33F3N6O3/c1-6-32(47)45-18-20(2)46-30(21(45)3)17-28(43-46)37-34(35-26(40)15-23(38)16-31(35)49-13-12-48-5)24-8-7-9-25(39)33(24)36(42-37)22-10-11-29-27(14-22)41-19-44(29)4/h6-11,14-17,19-21H,1,12-13,18H2,2-5H3/t20-,21+/m0/s1. The average molecular weight is 667 g/mol. The molecule has 49 heavy (non-hydrogen) atoms. The van der Waals surface area contributed by atoms with Crippen LogP contribution in [-0.4, -0.2) is 62.0 Å². The van der Waals surface area contributed by atoms with Crippen LogP contribution in [0.25, 0.3) is 55.6 Å². The van der Waals surface area contributed by atoms with Crippen LogP contribution in [0.15, 0.2) is 73.6 Å². The van der Waals surface area contributed by atoms with Crippen molar-refractivity contribution in [1.82, 2.24) is 29.2 Å². The minimum atomic E-state index is -0.919. The molecule has 0 saturated carbocycles. The van der Waals surface area contributed by atoms with E-state index in [0.29, 0.717) is 34.4 Å². The number of methoxy groups -OCH3 is 1. The molecule has 1 amide bonds. The van der Waals surface area contributed by atoms with Crippen molar-refractivity contribution >= 4 is 27.7 Å². The monoisotopic (exact) mass is 666 g/mol. The van der Waals surface area contributed by atoms with E-state index >= 15 is 8.78 Å². The summed E-state index contributed by atoms with van der Waals surface area (Å²) < 4.78 is 61.7. The lowest BCUT2D eigenvalue weighted by Gasteiger charge is -2.36. The zero-order valence-electron chi connectivity index (χ0n) is 27.4. The van der Waals surface area contributed by atoms with Gasteiger partial charge >= 0.3 is 0 Å². The fourth-order valence-electron chi connectivity index (χ4n) is 6.66. The zero-order valence-corrected chi connectivity index (χ0v) is 27.4.